The van der Waals surface area contributed by atoms with E-state index in [1.807, 2.05) is 36.9 Å². The van der Waals surface area contributed by atoms with Crippen LogP contribution in [-0.4, -0.2) is 19.1 Å². The van der Waals surface area contributed by atoms with Gasteiger partial charge in [0.25, 0.3) is 0 Å². The molecule has 6 nitrogen and oxygen atoms in total. The topological polar surface area (TPSA) is 42.1 Å². The molecule has 132 heavy (non-hydrogen) atoms. The molecule has 4 aromatic heterocycles. The molecule has 2 aliphatic rings. The number of nitrogens with zero attached hydrogens (tertiary/aromatic N) is 6. The third-order valence-electron chi connectivity index (χ3n) is 27.0. The second-order valence-electron chi connectivity index (χ2n) is 34.4. The highest BCUT2D eigenvalue weighted by Gasteiger charge is 2.52. The summed E-state index contributed by atoms with van der Waals surface area (Å²) >= 11 is 0. The lowest BCUT2D eigenvalue weighted by Gasteiger charge is -2.32. The third-order valence-corrected chi connectivity index (χ3v) is 27.0. The van der Waals surface area contributed by atoms with E-state index in [1.54, 1.807) is 0 Å². The number of hydrogen-bond donors (Lipinski definition) is 0. The van der Waals surface area contributed by atoms with Gasteiger partial charge in [-0.15, -0.1) is 0 Å². The molecule has 1 spiro atoms. The van der Waals surface area contributed by atoms with E-state index in [9.17, 15) is 0 Å². The molecule has 20 aromatic rings. The second-order valence-corrected chi connectivity index (χ2v) is 34.4. The molecule has 6 heteroatoms. The first kappa shape index (κ1) is 81.0. The number of allylic oxidation sites excluding steroid dienone is 6. The van der Waals surface area contributed by atoms with Gasteiger partial charge >= 0.3 is 0 Å². The lowest BCUT2D eigenvalue weighted by atomic mass is 9.70. The fraction of sp³-hybridized carbons (Fsp3) is 0.0476. The van der Waals surface area contributed by atoms with Crippen LogP contribution in [0.25, 0.3) is 141 Å². The zero-order chi connectivity index (χ0) is 88.8. The van der Waals surface area contributed by atoms with Crippen LogP contribution in [0, 0.1) is 13.8 Å². The molecule has 22 rings (SSSR count). The van der Waals surface area contributed by atoms with Gasteiger partial charge in [-0.05, 0) is 301 Å². The number of pyridine rings is 2. The van der Waals surface area contributed by atoms with Crippen LogP contribution in [0.3, 0.4) is 0 Å². The minimum atomic E-state index is -0.500. The van der Waals surface area contributed by atoms with Crippen LogP contribution < -0.4 is 9.80 Å². The van der Waals surface area contributed by atoms with Crippen molar-refractivity contribution in [3.63, 3.8) is 0 Å². The summed E-state index contributed by atoms with van der Waals surface area (Å²) in [5.41, 5.74) is 43.7. The minimum Gasteiger partial charge on any atom is -0.310 e. The fourth-order valence-corrected chi connectivity index (χ4v) is 20.5. The normalized spacial score (nSPS) is 12.5. The van der Waals surface area contributed by atoms with Crippen molar-refractivity contribution < 1.29 is 0 Å². The molecule has 0 saturated carbocycles. The minimum absolute atomic E-state index is 0.500. The molecule has 4 heterocycles. The first-order chi connectivity index (χ1) is 65.2. The van der Waals surface area contributed by atoms with Crippen LogP contribution in [-0.2, 0) is 18.3 Å². The van der Waals surface area contributed by atoms with Crippen molar-refractivity contribution in [1.29, 1.82) is 0 Å². The number of benzene rings is 16. The fourth-order valence-electron chi connectivity index (χ4n) is 20.5. The molecule has 0 aliphatic heterocycles. The van der Waals surface area contributed by atoms with Crippen LogP contribution in [0.2, 0.25) is 0 Å². The van der Waals surface area contributed by atoms with E-state index in [0.29, 0.717) is 6.42 Å². The van der Waals surface area contributed by atoms with Gasteiger partial charge in [0.15, 0.2) is 0 Å². The molecule has 0 N–H and O–H groups in total. The second kappa shape index (κ2) is 34.8. The van der Waals surface area contributed by atoms with E-state index in [4.69, 9.17) is 0 Å². The summed E-state index contributed by atoms with van der Waals surface area (Å²) in [6, 6.07) is 144. The lowest BCUT2D eigenvalue weighted by Crippen LogP contribution is -2.26. The number of hydrogen-bond acceptors (Lipinski definition) is 4. The van der Waals surface area contributed by atoms with E-state index in [0.717, 1.165) is 157 Å². The van der Waals surface area contributed by atoms with Gasteiger partial charge in [0.2, 0.25) is 0 Å². The highest BCUT2D eigenvalue weighted by Crippen LogP contribution is 2.65. The van der Waals surface area contributed by atoms with E-state index in [2.05, 4.69) is 494 Å². The van der Waals surface area contributed by atoms with Crippen LogP contribution in [0.5, 0.6) is 0 Å². The van der Waals surface area contributed by atoms with Gasteiger partial charge in [0, 0.05) is 91.9 Å². The number of aromatic nitrogens is 4. The standard InChI is InChI=1S/C126H94N6/c1-6-9-11-30-97(90-27-12-10-13-28-90)82-112-101(80-96-29-15-14-25-85(96)4)31-23-40-120(112)129(103-63-52-93(53-64-103)91-48-42-87(7-2)43-49-91)102-61-46-89(47-62-102)26-22-39-119-86(5)111-81-99(59-69-121(111)131(119)106-72-76-127-77-73-106)100-60-71-123-114(84-100)113-83-98(58-70-122(113)132(123)107-74-78-128-79-75-107)95-56-67-105(68-57-95)130(104-65-54-94(55-66-104)92-50-44-88(8-3)45-51-92)124-41-24-38-118-125(124)110-34-18-21-37-117(110)126(118)115-35-19-16-32-108(115)109-33-17-20-36-116(109)126/h6-25,27-79,81-84H,2-3,26,80H2,1,4-5H3/b9-6-,30-11-,39-22-,97-82-. The van der Waals surface area contributed by atoms with Crippen molar-refractivity contribution in [2.75, 3.05) is 9.80 Å². The Labute approximate surface area is 772 Å². The Balaban J connectivity index is 0.609. The summed E-state index contributed by atoms with van der Waals surface area (Å²) in [5, 5.41) is 3.50. The maximum absolute atomic E-state index is 4.51. The van der Waals surface area contributed by atoms with Crippen molar-refractivity contribution in [2.24, 2.45) is 0 Å². The Morgan fingerprint density at radius 1 is 0.371 bits per heavy atom. The Morgan fingerprint density at radius 2 is 0.795 bits per heavy atom. The average molecular weight is 1690 g/mol. The molecule has 0 unspecified atom stereocenters. The Kier molecular flexibility index (Phi) is 21.3. The summed E-state index contributed by atoms with van der Waals surface area (Å²) in [6.07, 6.45) is 28.4. The monoisotopic (exact) mass is 1690 g/mol. The van der Waals surface area contributed by atoms with Crippen molar-refractivity contribution in [2.45, 2.75) is 39.0 Å². The van der Waals surface area contributed by atoms with Gasteiger partial charge in [-0.1, -0.05) is 323 Å². The van der Waals surface area contributed by atoms with Gasteiger partial charge in [0.05, 0.1) is 33.3 Å². The molecule has 0 radical (unpaired) electrons. The van der Waals surface area contributed by atoms with Crippen molar-refractivity contribution in [1.82, 2.24) is 19.1 Å². The lowest BCUT2D eigenvalue weighted by molar-refractivity contribution is 0.794. The molecule has 16 aromatic carbocycles. The smallest absolute Gasteiger partial charge is 0.0726 e. The van der Waals surface area contributed by atoms with Crippen LogP contribution in [0.1, 0.15) is 84.9 Å². The zero-order valence-corrected chi connectivity index (χ0v) is 74.0. The predicted octanol–water partition coefficient (Wildman–Crippen LogP) is 32.9. The first-order valence-electron chi connectivity index (χ1n) is 45.5. The molecule has 0 bridgehead atoms. The van der Waals surface area contributed by atoms with Crippen LogP contribution in [0.15, 0.2) is 457 Å². The highest BCUT2D eigenvalue weighted by atomic mass is 15.2. The van der Waals surface area contributed by atoms with E-state index < -0.39 is 5.41 Å². The molecule has 628 valence electrons. The largest absolute Gasteiger partial charge is 0.310 e. The van der Waals surface area contributed by atoms with Gasteiger partial charge in [-0.25, -0.2) is 0 Å². The maximum Gasteiger partial charge on any atom is 0.0726 e. The Morgan fingerprint density at radius 3 is 1.34 bits per heavy atom. The third kappa shape index (κ3) is 14.5. The molecule has 0 saturated heterocycles. The number of fused-ring (bicyclic) bond motifs is 14. The van der Waals surface area contributed by atoms with Crippen molar-refractivity contribution in [3.05, 3.63) is 535 Å². The molecular weight excluding hydrogens is 1600 g/mol. The summed E-state index contributed by atoms with van der Waals surface area (Å²) < 4.78 is 4.78. The van der Waals surface area contributed by atoms with E-state index in [-0.39, 0.29) is 0 Å². The maximum atomic E-state index is 4.51. The Hall–Kier alpha value is -16.8. The quantitative estimate of drug-likeness (QED) is 0.0473. The predicted molar refractivity (Wildman–Crippen MR) is 557 cm³/mol. The SMILES string of the molecule is C=Cc1ccc(-c2ccc(N(c3ccc(C/C=C\c4c(C)c5cc(-c6ccc7c(c6)c6cc(-c8ccc(N(c9ccc(-c%10ccc(C=C)cc%10)cc9)c9cccc%10c9-c9ccccc9C%109c%10ccccc%10-c%10ccccc%109)cc8)ccc6n7-c6ccncc6)ccc5n4-c4ccncc4)cc3)c3cccc(Cc4ccccc4C)c3/C=C(/C=C\C=C/C)c3ccccc3)cc2)cc1. The summed E-state index contributed by atoms with van der Waals surface area (Å²) in [7, 11) is 0. The highest BCUT2D eigenvalue weighted by molar-refractivity contribution is 6.12. The molecule has 0 atom stereocenters. The van der Waals surface area contributed by atoms with Gasteiger partial charge in [-0.2, -0.15) is 0 Å². The first-order valence-corrected chi connectivity index (χ1v) is 45.5. The van der Waals surface area contributed by atoms with Gasteiger partial charge < -0.3 is 18.9 Å². The van der Waals surface area contributed by atoms with Gasteiger partial charge in [0.1, 0.15) is 0 Å². The molecule has 0 fully saturated rings. The van der Waals surface area contributed by atoms with E-state index in [1.165, 1.54) is 77.7 Å². The number of anilines is 6. The van der Waals surface area contributed by atoms with Crippen LogP contribution >= 0.6 is 0 Å². The molecule has 2 aliphatic carbocycles. The summed E-state index contributed by atoms with van der Waals surface area (Å²) in [5.74, 6) is 0. The summed E-state index contributed by atoms with van der Waals surface area (Å²) in [6.45, 7) is 14.6. The van der Waals surface area contributed by atoms with E-state index >= 15 is 0 Å². The van der Waals surface area contributed by atoms with Crippen LogP contribution in [0.4, 0.5) is 34.1 Å². The van der Waals surface area contributed by atoms with Crippen molar-refractivity contribution >= 4 is 96.7 Å². The average Bonchev–Trinajstić information content (AvgIpc) is 1.50. The van der Waals surface area contributed by atoms with Crippen molar-refractivity contribution in [3.8, 4) is 78.1 Å². The summed E-state index contributed by atoms with van der Waals surface area (Å²) in [4.78, 5) is 13.9. The molecular formula is C126H94N6. The zero-order valence-electron chi connectivity index (χ0n) is 74.0. The number of rotatable bonds is 23. The van der Waals surface area contributed by atoms with Gasteiger partial charge in [-0.3, -0.25) is 9.97 Å². The number of aryl methyl sites for hydroxylation is 2. The Bertz CT molecular complexity index is 7900. The molecule has 0 amide bonds.